The molecule has 0 unspecified atom stereocenters. The van der Waals surface area contributed by atoms with Gasteiger partial charge in [-0.25, -0.2) is 13.8 Å². The number of nitrogens with zero attached hydrogens (tertiary/aromatic N) is 2. The molecule has 1 N–H and O–H groups in total. The van der Waals surface area contributed by atoms with Gasteiger partial charge in [-0.05, 0) is 18.9 Å². The van der Waals surface area contributed by atoms with E-state index in [4.69, 9.17) is 16.3 Å². The summed E-state index contributed by atoms with van der Waals surface area (Å²) in [6, 6.07) is 3.75. The first-order valence-electron chi connectivity index (χ1n) is 7.66. The molecule has 2 heterocycles. The molecule has 1 saturated heterocycles. The van der Waals surface area contributed by atoms with Crippen LogP contribution in [0.15, 0.2) is 12.1 Å². The Labute approximate surface area is 133 Å². The predicted molar refractivity (Wildman–Crippen MR) is 83.1 cm³/mol. The first-order chi connectivity index (χ1) is 10.5. The number of morpholine rings is 1. The maximum atomic E-state index is 13.2. The van der Waals surface area contributed by atoms with Crippen LogP contribution in [-0.2, 0) is 4.74 Å². The topological polar surface area (TPSA) is 37.4 Å². The van der Waals surface area contributed by atoms with Gasteiger partial charge in [0, 0.05) is 43.7 Å². The first-order valence-corrected chi connectivity index (χ1v) is 8.04. The van der Waals surface area contributed by atoms with Crippen LogP contribution < -0.4 is 10.2 Å². The Morgan fingerprint density at radius 3 is 2.59 bits per heavy atom. The van der Waals surface area contributed by atoms with Gasteiger partial charge < -0.3 is 15.0 Å². The van der Waals surface area contributed by atoms with E-state index in [1.165, 1.54) is 0 Å². The minimum absolute atomic E-state index is 0.0558. The smallest absolute Gasteiger partial charge is 0.248 e. The van der Waals surface area contributed by atoms with Gasteiger partial charge in [-0.2, -0.15) is 0 Å². The molecule has 2 fully saturated rings. The van der Waals surface area contributed by atoms with Crippen LogP contribution in [0.3, 0.4) is 0 Å². The van der Waals surface area contributed by atoms with Crippen LogP contribution in [0.25, 0.3) is 0 Å². The SMILES string of the molecule is FC1(F)CCC(Nc2cc(Cl)nc(N3CCOCC3)c2)CC1. The minimum atomic E-state index is -2.51. The quantitative estimate of drug-likeness (QED) is 0.859. The molecule has 0 radical (unpaired) electrons. The van der Waals surface area contributed by atoms with Crippen molar-refractivity contribution >= 4 is 23.1 Å². The molecule has 0 amide bonds. The fourth-order valence-electron chi connectivity index (χ4n) is 2.94. The average molecular weight is 332 g/mol. The minimum Gasteiger partial charge on any atom is -0.382 e. The van der Waals surface area contributed by atoms with Gasteiger partial charge in [-0.1, -0.05) is 11.6 Å². The van der Waals surface area contributed by atoms with Crippen molar-refractivity contribution in [2.45, 2.75) is 37.6 Å². The highest BCUT2D eigenvalue weighted by molar-refractivity contribution is 6.29. The standard InChI is InChI=1S/C15H20ClF2N3O/c16-13-9-12(19-11-1-3-15(17,18)4-2-11)10-14(20-13)21-5-7-22-8-6-21/h9-11H,1-8H2,(H,19,20). The van der Waals surface area contributed by atoms with Crippen molar-refractivity contribution in [1.82, 2.24) is 4.98 Å². The molecule has 1 saturated carbocycles. The highest BCUT2D eigenvalue weighted by Crippen LogP contribution is 2.34. The second-order valence-corrected chi connectivity index (χ2v) is 6.30. The summed E-state index contributed by atoms with van der Waals surface area (Å²) >= 11 is 6.10. The van der Waals surface area contributed by atoms with Crippen LogP contribution in [0.4, 0.5) is 20.3 Å². The lowest BCUT2D eigenvalue weighted by molar-refractivity contribution is -0.0360. The number of ether oxygens (including phenoxy) is 1. The normalized spacial score (nSPS) is 22.6. The molecule has 1 aromatic heterocycles. The number of rotatable bonds is 3. The highest BCUT2D eigenvalue weighted by atomic mass is 35.5. The molecule has 22 heavy (non-hydrogen) atoms. The number of hydrogen-bond donors (Lipinski definition) is 1. The molecule has 0 spiro atoms. The summed E-state index contributed by atoms with van der Waals surface area (Å²) in [5.41, 5.74) is 0.844. The van der Waals surface area contributed by atoms with E-state index in [9.17, 15) is 8.78 Å². The molecule has 0 bridgehead atoms. The monoisotopic (exact) mass is 331 g/mol. The lowest BCUT2D eigenvalue weighted by Gasteiger charge is -2.31. The molecule has 0 atom stereocenters. The van der Waals surface area contributed by atoms with E-state index in [1.54, 1.807) is 6.07 Å². The second kappa shape index (κ2) is 6.54. The van der Waals surface area contributed by atoms with Crippen molar-refractivity contribution in [2.24, 2.45) is 0 Å². The third kappa shape index (κ3) is 3.98. The molecule has 1 aliphatic heterocycles. The molecule has 1 aliphatic carbocycles. The Hall–Kier alpha value is -1.14. The number of aromatic nitrogens is 1. The molecule has 0 aromatic carbocycles. The van der Waals surface area contributed by atoms with E-state index in [2.05, 4.69) is 15.2 Å². The molecule has 7 heteroatoms. The van der Waals surface area contributed by atoms with E-state index in [-0.39, 0.29) is 18.9 Å². The summed E-state index contributed by atoms with van der Waals surface area (Å²) in [6.45, 7) is 2.91. The van der Waals surface area contributed by atoms with Gasteiger partial charge in [0.1, 0.15) is 11.0 Å². The van der Waals surface area contributed by atoms with E-state index in [1.807, 2.05) is 6.07 Å². The summed E-state index contributed by atoms with van der Waals surface area (Å²) in [5.74, 6) is -1.70. The third-order valence-corrected chi connectivity index (χ3v) is 4.40. The fourth-order valence-corrected chi connectivity index (χ4v) is 3.15. The summed E-state index contributed by atoms with van der Waals surface area (Å²) in [5, 5.41) is 3.73. The Bertz CT molecular complexity index is 514. The molecule has 3 rings (SSSR count). The molecule has 1 aromatic rings. The Morgan fingerprint density at radius 1 is 1.23 bits per heavy atom. The number of anilines is 2. The zero-order valence-electron chi connectivity index (χ0n) is 12.3. The number of halogens is 3. The van der Waals surface area contributed by atoms with Gasteiger partial charge in [0.15, 0.2) is 0 Å². The maximum absolute atomic E-state index is 13.2. The van der Waals surface area contributed by atoms with Crippen molar-refractivity contribution in [3.05, 3.63) is 17.3 Å². The summed E-state index contributed by atoms with van der Waals surface area (Å²) in [6.07, 6.45) is 0.833. The van der Waals surface area contributed by atoms with Crippen molar-refractivity contribution < 1.29 is 13.5 Å². The van der Waals surface area contributed by atoms with E-state index in [0.717, 1.165) is 24.6 Å². The first kappa shape index (κ1) is 15.7. The van der Waals surface area contributed by atoms with Crippen LogP contribution in [0.2, 0.25) is 5.15 Å². The fraction of sp³-hybridized carbons (Fsp3) is 0.667. The Kier molecular flexibility index (Phi) is 4.68. The zero-order valence-corrected chi connectivity index (χ0v) is 13.1. The van der Waals surface area contributed by atoms with Crippen LogP contribution in [0.5, 0.6) is 0 Å². The van der Waals surface area contributed by atoms with Crippen molar-refractivity contribution in [2.75, 3.05) is 36.5 Å². The maximum Gasteiger partial charge on any atom is 0.248 e. The lowest BCUT2D eigenvalue weighted by Crippen LogP contribution is -2.37. The third-order valence-electron chi connectivity index (χ3n) is 4.20. The van der Waals surface area contributed by atoms with Gasteiger partial charge in [-0.15, -0.1) is 0 Å². The van der Waals surface area contributed by atoms with Gasteiger partial charge in [0.2, 0.25) is 5.92 Å². The molecule has 4 nitrogen and oxygen atoms in total. The van der Waals surface area contributed by atoms with Crippen molar-refractivity contribution in [3.8, 4) is 0 Å². The van der Waals surface area contributed by atoms with Crippen molar-refractivity contribution in [1.29, 1.82) is 0 Å². The van der Waals surface area contributed by atoms with E-state index in [0.29, 0.717) is 31.2 Å². The van der Waals surface area contributed by atoms with E-state index >= 15 is 0 Å². The summed E-state index contributed by atoms with van der Waals surface area (Å²) in [4.78, 5) is 6.47. The number of hydrogen-bond acceptors (Lipinski definition) is 4. The van der Waals surface area contributed by atoms with E-state index < -0.39 is 5.92 Å². The predicted octanol–water partition coefficient (Wildman–Crippen LogP) is 3.56. The van der Waals surface area contributed by atoms with Gasteiger partial charge in [0.05, 0.1) is 13.2 Å². The van der Waals surface area contributed by atoms with Crippen LogP contribution in [-0.4, -0.2) is 43.3 Å². The summed E-state index contributed by atoms with van der Waals surface area (Å²) < 4.78 is 31.8. The number of nitrogens with one attached hydrogen (secondary N) is 1. The van der Waals surface area contributed by atoms with Gasteiger partial charge in [-0.3, -0.25) is 0 Å². The summed E-state index contributed by atoms with van der Waals surface area (Å²) in [7, 11) is 0. The molecular formula is C15H20ClF2N3O. The Morgan fingerprint density at radius 2 is 1.91 bits per heavy atom. The number of pyridine rings is 1. The molecule has 122 valence electrons. The second-order valence-electron chi connectivity index (χ2n) is 5.91. The molecule has 2 aliphatic rings. The Balaban J connectivity index is 1.67. The van der Waals surface area contributed by atoms with Crippen LogP contribution >= 0.6 is 11.6 Å². The van der Waals surface area contributed by atoms with Crippen LogP contribution in [0.1, 0.15) is 25.7 Å². The van der Waals surface area contributed by atoms with Crippen LogP contribution in [0, 0.1) is 0 Å². The average Bonchev–Trinajstić information content (AvgIpc) is 2.50. The van der Waals surface area contributed by atoms with Crippen molar-refractivity contribution in [3.63, 3.8) is 0 Å². The highest BCUT2D eigenvalue weighted by Gasteiger charge is 2.34. The largest absolute Gasteiger partial charge is 0.382 e. The van der Waals surface area contributed by atoms with Gasteiger partial charge in [0.25, 0.3) is 0 Å². The van der Waals surface area contributed by atoms with Gasteiger partial charge >= 0.3 is 0 Å². The lowest BCUT2D eigenvalue weighted by atomic mass is 9.92. The number of alkyl halides is 2. The zero-order chi connectivity index (χ0) is 15.6. The molecular weight excluding hydrogens is 312 g/mol.